The van der Waals surface area contributed by atoms with Gasteiger partial charge in [0.1, 0.15) is 12.1 Å². The van der Waals surface area contributed by atoms with Crippen molar-refractivity contribution in [2.75, 3.05) is 6.54 Å². The molecule has 1 aromatic heterocycles. The third kappa shape index (κ3) is 4.00. The Morgan fingerprint density at radius 1 is 1.20 bits per heavy atom. The minimum absolute atomic E-state index is 0.119. The van der Waals surface area contributed by atoms with E-state index < -0.39 is 24.0 Å². The summed E-state index contributed by atoms with van der Waals surface area (Å²) < 4.78 is 0. The summed E-state index contributed by atoms with van der Waals surface area (Å²) in [6, 6.07) is 6.28. The van der Waals surface area contributed by atoms with Crippen molar-refractivity contribution in [3.63, 3.8) is 0 Å². The number of piperidine rings is 1. The van der Waals surface area contributed by atoms with Crippen LogP contribution < -0.4 is 15.7 Å². The molecule has 9 nitrogen and oxygen atoms in total. The minimum Gasteiger partial charge on any atom is -0.550 e. The predicted octanol–water partition coefficient (Wildman–Crippen LogP) is -0.785. The summed E-state index contributed by atoms with van der Waals surface area (Å²) in [6.45, 7) is 0.368. The summed E-state index contributed by atoms with van der Waals surface area (Å²) in [6.07, 6.45) is 2.60. The van der Waals surface area contributed by atoms with Crippen molar-refractivity contribution in [2.24, 2.45) is 0 Å². The van der Waals surface area contributed by atoms with Crippen LogP contribution in [0.1, 0.15) is 31.2 Å². The summed E-state index contributed by atoms with van der Waals surface area (Å²) in [5, 5.41) is 17.1. The van der Waals surface area contributed by atoms with Gasteiger partial charge in [-0.25, -0.2) is 0 Å². The largest absolute Gasteiger partial charge is 0.550 e. The average molecular weight is 411 g/mol. The average Bonchev–Trinajstić information content (AvgIpc) is 3.13. The fraction of sp³-hybridized carbons (Fsp3) is 0.429. The highest BCUT2D eigenvalue weighted by Crippen LogP contribution is 2.25. The molecule has 2 saturated heterocycles. The molecule has 158 valence electrons. The lowest BCUT2D eigenvalue weighted by atomic mass is 9.91. The second-order valence-electron chi connectivity index (χ2n) is 7.83. The Balaban J connectivity index is 1.39. The molecule has 3 amide bonds. The number of carboxylic acids is 1. The van der Waals surface area contributed by atoms with Crippen LogP contribution >= 0.6 is 0 Å². The number of nitrogens with one attached hydrogen (secondary N) is 3. The zero-order valence-corrected chi connectivity index (χ0v) is 16.3. The van der Waals surface area contributed by atoms with E-state index in [1.165, 1.54) is 0 Å². The lowest BCUT2D eigenvalue weighted by Gasteiger charge is -2.44. The zero-order chi connectivity index (χ0) is 21.3. The van der Waals surface area contributed by atoms with Crippen molar-refractivity contribution in [3.8, 4) is 0 Å². The molecule has 0 aliphatic carbocycles. The Bertz CT molecular complexity index is 1000. The first kappa shape index (κ1) is 19.9. The van der Waals surface area contributed by atoms with Crippen molar-refractivity contribution in [1.29, 1.82) is 0 Å². The van der Waals surface area contributed by atoms with Crippen LogP contribution in [-0.4, -0.2) is 58.2 Å². The number of carboxylic acid groups (broad SMARTS) is 1. The number of hydrogen-bond donors (Lipinski definition) is 3. The van der Waals surface area contributed by atoms with E-state index in [4.69, 9.17) is 0 Å². The van der Waals surface area contributed by atoms with Crippen LogP contribution in [0.2, 0.25) is 0 Å². The Labute approximate surface area is 172 Å². The van der Waals surface area contributed by atoms with Gasteiger partial charge in [0.15, 0.2) is 0 Å². The Morgan fingerprint density at radius 2 is 2.00 bits per heavy atom. The molecule has 30 heavy (non-hydrogen) atoms. The van der Waals surface area contributed by atoms with Gasteiger partial charge in [-0.3, -0.25) is 14.4 Å². The minimum atomic E-state index is -1.28. The Kier molecular flexibility index (Phi) is 5.43. The number of amides is 3. The number of rotatable bonds is 6. The number of aromatic amines is 1. The highest BCUT2D eigenvalue weighted by atomic mass is 16.4. The van der Waals surface area contributed by atoms with Gasteiger partial charge in [0.05, 0.1) is 0 Å². The molecule has 2 aromatic rings. The number of hydrogen-bond acceptors (Lipinski definition) is 5. The lowest BCUT2D eigenvalue weighted by Crippen LogP contribution is -2.67. The van der Waals surface area contributed by atoms with Gasteiger partial charge < -0.3 is 30.4 Å². The summed E-state index contributed by atoms with van der Waals surface area (Å²) in [4.78, 5) is 52.9. The maximum absolute atomic E-state index is 13.0. The summed E-state index contributed by atoms with van der Waals surface area (Å²) in [5.41, 5.74) is 1.95. The Hall–Kier alpha value is -3.36. The molecule has 3 atom stereocenters. The van der Waals surface area contributed by atoms with Gasteiger partial charge in [-0.2, -0.15) is 0 Å². The van der Waals surface area contributed by atoms with E-state index in [2.05, 4.69) is 15.6 Å². The van der Waals surface area contributed by atoms with Gasteiger partial charge in [-0.1, -0.05) is 18.2 Å². The quantitative estimate of drug-likeness (QED) is 0.573. The summed E-state index contributed by atoms with van der Waals surface area (Å²) >= 11 is 0. The number of carbonyl (C=O) groups is 4. The fourth-order valence-corrected chi connectivity index (χ4v) is 4.31. The van der Waals surface area contributed by atoms with E-state index in [-0.39, 0.29) is 30.7 Å². The third-order valence-corrected chi connectivity index (χ3v) is 5.82. The topological polar surface area (TPSA) is 134 Å². The number of carbonyl (C=O) groups excluding carboxylic acids is 4. The van der Waals surface area contributed by atoms with Crippen molar-refractivity contribution >= 4 is 34.6 Å². The van der Waals surface area contributed by atoms with E-state index in [0.717, 1.165) is 16.5 Å². The van der Waals surface area contributed by atoms with Crippen LogP contribution in [0.5, 0.6) is 0 Å². The van der Waals surface area contributed by atoms with Crippen molar-refractivity contribution in [1.82, 2.24) is 20.5 Å². The molecule has 2 aliphatic heterocycles. The maximum Gasteiger partial charge on any atom is 0.246 e. The second-order valence-corrected chi connectivity index (χ2v) is 7.83. The molecular weight excluding hydrogens is 388 g/mol. The number of aliphatic carboxylic acids is 1. The van der Waals surface area contributed by atoms with Crippen molar-refractivity contribution < 1.29 is 24.3 Å². The molecule has 2 aliphatic rings. The van der Waals surface area contributed by atoms with Crippen LogP contribution in [0.3, 0.4) is 0 Å². The van der Waals surface area contributed by atoms with E-state index in [1.807, 2.05) is 30.5 Å². The summed E-state index contributed by atoms with van der Waals surface area (Å²) in [5.74, 6) is -2.02. The van der Waals surface area contributed by atoms with Gasteiger partial charge in [0.25, 0.3) is 0 Å². The van der Waals surface area contributed by atoms with E-state index in [9.17, 15) is 24.3 Å². The summed E-state index contributed by atoms with van der Waals surface area (Å²) in [7, 11) is 0. The standard InChI is InChI=1S/C21H24N4O5/c26-18(5-6-19(27)28)23-13-7-8-25-17(10-13)20(29)24-16(21(25)30)9-12-11-22-15-4-2-1-3-14(12)15/h1-4,11,13,16-17,22H,5-10H2,(H,23,26)(H,24,29)(H,27,28)/p-1/t13-,16+,17-/m0/s1. The first-order valence-electron chi connectivity index (χ1n) is 10.1. The normalized spacial score (nSPS) is 23.7. The molecule has 9 heteroatoms. The highest BCUT2D eigenvalue weighted by molar-refractivity contribution is 5.98. The van der Waals surface area contributed by atoms with Gasteiger partial charge in [-0.15, -0.1) is 0 Å². The molecule has 1 aromatic carbocycles. The maximum atomic E-state index is 13.0. The molecule has 4 rings (SSSR count). The van der Waals surface area contributed by atoms with Crippen LogP contribution in [0, 0.1) is 0 Å². The van der Waals surface area contributed by atoms with Crippen LogP contribution in [0.25, 0.3) is 10.9 Å². The van der Waals surface area contributed by atoms with Crippen LogP contribution in [-0.2, 0) is 25.6 Å². The SMILES string of the molecule is O=C([O-])CCC(=O)N[C@H]1CCN2C(=O)[C@@H](Cc3c[nH]c4ccccc34)NC(=O)[C@@H]2C1. The molecule has 3 heterocycles. The number of aromatic nitrogens is 1. The van der Waals surface area contributed by atoms with Gasteiger partial charge in [0, 0.05) is 48.5 Å². The number of nitrogens with zero attached hydrogens (tertiary/aromatic N) is 1. The van der Waals surface area contributed by atoms with Crippen molar-refractivity contribution in [3.05, 3.63) is 36.0 Å². The smallest absolute Gasteiger partial charge is 0.246 e. The van der Waals surface area contributed by atoms with Crippen LogP contribution in [0.15, 0.2) is 30.5 Å². The van der Waals surface area contributed by atoms with E-state index in [0.29, 0.717) is 25.8 Å². The second kappa shape index (κ2) is 8.17. The highest BCUT2D eigenvalue weighted by Gasteiger charge is 2.44. The fourth-order valence-electron chi connectivity index (χ4n) is 4.31. The monoisotopic (exact) mass is 411 g/mol. The molecule has 0 spiro atoms. The van der Waals surface area contributed by atoms with E-state index >= 15 is 0 Å². The number of fused-ring (bicyclic) bond motifs is 2. The molecule has 0 unspecified atom stereocenters. The molecule has 0 saturated carbocycles. The Morgan fingerprint density at radius 3 is 2.80 bits per heavy atom. The predicted molar refractivity (Wildman–Crippen MR) is 105 cm³/mol. The van der Waals surface area contributed by atoms with Crippen LogP contribution in [0.4, 0.5) is 0 Å². The molecule has 0 bridgehead atoms. The first-order valence-corrected chi connectivity index (χ1v) is 10.1. The molecule has 0 radical (unpaired) electrons. The van der Waals surface area contributed by atoms with Gasteiger partial charge in [-0.05, 0) is 30.9 Å². The lowest BCUT2D eigenvalue weighted by molar-refractivity contribution is -0.305. The van der Waals surface area contributed by atoms with E-state index in [1.54, 1.807) is 4.90 Å². The number of benzene rings is 1. The third-order valence-electron chi connectivity index (χ3n) is 5.82. The first-order chi connectivity index (χ1) is 14.4. The zero-order valence-electron chi connectivity index (χ0n) is 16.3. The number of para-hydroxylation sites is 1. The number of H-pyrrole nitrogens is 1. The molecule has 3 N–H and O–H groups in total. The van der Waals surface area contributed by atoms with Crippen molar-refractivity contribution in [2.45, 2.75) is 50.2 Å². The molecule has 2 fully saturated rings. The van der Waals surface area contributed by atoms with Gasteiger partial charge >= 0.3 is 0 Å². The van der Waals surface area contributed by atoms with Gasteiger partial charge in [0.2, 0.25) is 17.7 Å². The molecular formula is C21H23N4O5-. The number of piperazine rings is 1.